The molecule has 0 aliphatic heterocycles. The fraction of sp³-hybridized carbons (Fsp3) is 0.429. The van der Waals surface area contributed by atoms with Crippen molar-refractivity contribution >= 4 is 23.2 Å². The Morgan fingerprint density at radius 3 is 2.52 bits per heavy atom. The number of nitrogens with one attached hydrogen (secondary N) is 3. The highest BCUT2D eigenvalue weighted by Crippen LogP contribution is 2.12. The SMILES string of the molecule is COCCNC(=S)NNC(=O)CCc1ccc(OC)cc1. The summed E-state index contributed by atoms with van der Waals surface area (Å²) in [5, 5.41) is 3.26. The zero-order valence-corrected chi connectivity index (χ0v) is 13.1. The smallest absolute Gasteiger partial charge is 0.238 e. The summed E-state index contributed by atoms with van der Waals surface area (Å²) in [6.45, 7) is 1.14. The van der Waals surface area contributed by atoms with Crippen LogP contribution < -0.4 is 20.9 Å². The van der Waals surface area contributed by atoms with E-state index in [9.17, 15) is 4.79 Å². The molecular weight excluding hydrogens is 290 g/mol. The Morgan fingerprint density at radius 2 is 1.90 bits per heavy atom. The van der Waals surface area contributed by atoms with Crippen LogP contribution in [0.5, 0.6) is 5.75 Å². The molecule has 0 saturated heterocycles. The minimum atomic E-state index is -0.123. The molecule has 0 atom stereocenters. The van der Waals surface area contributed by atoms with Crippen LogP contribution in [0.1, 0.15) is 12.0 Å². The number of methoxy groups -OCH3 is 2. The molecule has 0 radical (unpaired) electrons. The van der Waals surface area contributed by atoms with E-state index >= 15 is 0 Å². The summed E-state index contributed by atoms with van der Waals surface area (Å²) in [7, 11) is 3.23. The molecule has 0 saturated carbocycles. The van der Waals surface area contributed by atoms with Gasteiger partial charge in [-0.2, -0.15) is 0 Å². The van der Waals surface area contributed by atoms with Crippen molar-refractivity contribution in [1.82, 2.24) is 16.2 Å². The third-order valence-corrected chi connectivity index (χ3v) is 2.95. The highest BCUT2D eigenvalue weighted by molar-refractivity contribution is 7.80. The summed E-state index contributed by atoms with van der Waals surface area (Å²) >= 11 is 4.98. The van der Waals surface area contributed by atoms with Gasteiger partial charge in [0.15, 0.2) is 5.11 Å². The van der Waals surface area contributed by atoms with Crippen LogP contribution in [0.15, 0.2) is 24.3 Å². The Morgan fingerprint density at radius 1 is 1.19 bits per heavy atom. The van der Waals surface area contributed by atoms with Crippen LogP contribution in [0.4, 0.5) is 0 Å². The molecule has 6 nitrogen and oxygen atoms in total. The molecule has 0 aromatic heterocycles. The number of ether oxygens (including phenoxy) is 2. The van der Waals surface area contributed by atoms with Crippen LogP contribution >= 0.6 is 12.2 Å². The number of thiocarbonyl (C=S) groups is 1. The third-order valence-electron chi connectivity index (χ3n) is 2.71. The van der Waals surface area contributed by atoms with Crippen molar-refractivity contribution in [3.63, 3.8) is 0 Å². The molecule has 0 unspecified atom stereocenters. The molecule has 7 heteroatoms. The molecule has 21 heavy (non-hydrogen) atoms. The lowest BCUT2D eigenvalue weighted by Gasteiger charge is -2.11. The van der Waals surface area contributed by atoms with Crippen molar-refractivity contribution < 1.29 is 14.3 Å². The largest absolute Gasteiger partial charge is 0.497 e. The van der Waals surface area contributed by atoms with Crippen LogP contribution in [0.3, 0.4) is 0 Å². The number of aryl methyl sites for hydroxylation is 1. The second kappa shape index (κ2) is 9.95. The molecule has 0 bridgehead atoms. The predicted molar refractivity (Wildman–Crippen MR) is 85.1 cm³/mol. The zero-order valence-electron chi connectivity index (χ0n) is 12.3. The van der Waals surface area contributed by atoms with Crippen LogP contribution in [-0.4, -0.2) is 38.4 Å². The lowest BCUT2D eigenvalue weighted by Crippen LogP contribution is -2.47. The van der Waals surface area contributed by atoms with E-state index in [0.29, 0.717) is 31.1 Å². The predicted octanol–water partition coefficient (Wildman–Crippen LogP) is 0.770. The summed E-state index contributed by atoms with van der Waals surface area (Å²) < 4.78 is 9.96. The van der Waals surface area contributed by atoms with E-state index in [4.69, 9.17) is 21.7 Å². The van der Waals surface area contributed by atoms with Gasteiger partial charge in [-0.25, -0.2) is 0 Å². The van der Waals surface area contributed by atoms with E-state index in [1.54, 1.807) is 14.2 Å². The molecule has 1 aromatic carbocycles. The molecule has 1 amide bonds. The summed E-state index contributed by atoms with van der Waals surface area (Å²) in [5.74, 6) is 0.680. The van der Waals surface area contributed by atoms with Crippen molar-refractivity contribution in [2.45, 2.75) is 12.8 Å². The number of carbonyl (C=O) groups is 1. The van der Waals surface area contributed by atoms with Gasteiger partial charge in [0, 0.05) is 20.1 Å². The second-order valence-electron chi connectivity index (χ2n) is 4.27. The monoisotopic (exact) mass is 311 g/mol. The van der Waals surface area contributed by atoms with Crippen molar-refractivity contribution in [2.75, 3.05) is 27.4 Å². The summed E-state index contributed by atoms with van der Waals surface area (Å²) in [6.07, 6.45) is 1.03. The maximum atomic E-state index is 11.7. The molecule has 0 aliphatic rings. The van der Waals surface area contributed by atoms with Gasteiger partial charge in [0.25, 0.3) is 0 Å². The Bertz CT molecular complexity index is 451. The Labute approximate surface area is 130 Å². The number of amides is 1. The van der Waals surface area contributed by atoms with Crippen molar-refractivity contribution in [3.8, 4) is 5.75 Å². The number of hydrogen-bond acceptors (Lipinski definition) is 4. The maximum absolute atomic E-state index is 11.7. The average molecular weight is 311 g/mol. The first-order valence-electron chi connectivity index (χ1n) is 6.60. The van der Waals surface area contributed by atoms with Gasteiger partial charge in [0.2, 0.25) is 5.91 Å². The fourth-order valence-corrected chi connectivity index (χ4v) is 1.70. The van der Waals surface area contributed by atoms with E-state index in [-0.39, 0.29) is 5.91 Å². The minimum absolute atomic E-state index is 0.123. The second-order valence-corrected chi connectivity index (χ2v) is 4.68. The number of hydrogen-bond donors (Lipinski definition) is 3. The van der Waals surface area contributed by atoms with Crippen LogP contribution in [-0.2, 0) is 16.0 Å². The van der Waals surface area contributed by atoms with Gasteiger partial charge in [0.05, 0.1) is 13.7 Å². The van der Waals surface area contributed by atoms with Gasteiger partial charge in [-0.1, -0.05) is 12.1 Å². The van der Waals surface area contributed by atoms with Gasteiger partial charge in [-0.3, -0.25) is 15.6 Å². The summed E-state index contributed by atoms with van der Waals surface area (Å²) in [6, 6.07) is 7.63. The number of hydrazine groups is 1. The quantitative estimate of drug-likeness (QED) is 0.392. The molecule has 1 aromatic rings. The van der Waals surface area contributed by atoms with Gasteiger partial charge >= 0.3 is 0 Å². The van der Waals surface area contributed by atoms with Gasteiger partial charge in [-0.05, 0) is 36.3 Å². The van der Waals surface area contributed by atoms with Crippen molar-refractivity contribution in [3.05, 3.63) is 29.8 Å². The van der Waals surface area contributed by atoms with Crippen LogP contribution in [0.25, 0.3) is 0 Å². The molecule has 0 aliphatic carbocycles. The number of benzene rings is 1. The molecule has 0 spiro atoms. The van der Waals surface area contributed by atoms with E-state index in [2.05, 4.69) is 16.2 Å². The lowest BCUT2D eigenvalue weighted by atomic mass is 10.1. The Hall–Kier alpha value is -1.86. The molecule has 1 rings (SSSR count). The van der Waals surface area contributed by atoms with E-state index in [1.807, 2.05) is 24.3 Å². The zero-order chi connectivity index (χ0) is 15.5. The molecule has 0 fully saturated rings. The molecular formula is C14H21N3O3S. The van der Waals surface area contributed by atoms with Gasteiger partial charge in [-0.15, -0.1) is 0 Å². The first-order chi connectivity index (χ1) is 10.2. The average Bonchev–Trinajstić information content (AvgIpc) is 2.51. The normalized spacial score (nSPS) is 9.81. The first kappa shape index (κ1) is 17.2. The maximum Gasteiger partial charge on any atom is 0.238 e. The van der Waals surface area contributed by atoms with Crippen molar-refractivity contribution in [2.24, 2.45) is 0 Å². The summed E-state index contributed by atoms with van der Waals surface area (Å²) in [4.78, 5) is 11.7. The van der Waals surface area contributed by atoms with Crippen molar-refractivity contribution in [1.29, 1.82) is 0 Å². The first-order valence-corrected chi connectivity index (χ1v) is 7.01. The van der Waals surface area contributed by atoms with E-state index in [1.165, 1.54) is 0 Å². The van der Waals surface area contributed by atoms with Gasteiger partial charge in [0.1, 0.15) is 5.75 Å². The standard InChI is InChI=1S/C14H21N3O3S/c1-19-10-9-15-14(21)17-16-13(18)8-5-11-3-6-12(20-2)7-4-11/h3-4,6-7H,5,8-10H2,1-2H3,(H,16,18)(H2,15,17,21). The summed E-state index contributed by atoms with van der Waals surface area (Å²) in [5.41, 5.74) is 6.26. The van der Waals surface area contributed by atoms with Gasteiger partial charge < -0.3 is 14.8 Å². The van der Waals surface area contributed by atoms with Crippen LogP contribution in [0, 0.1) is 0 Å². The topological polar surface area (TPSA) is 71.6 Å². The van der Waals surface area contributed by atoms with Crippen LogP contribution in [0.2, 0.25) is 0 Å². The minimum Gasteiger partial charge on any atom is -0.497 e. The van der Waals surface area contributed by atoms with E-state index in [0.717, 1.165) is 11.3 Å². The highest BCUT2D eigenvalue weighted by Gasteiger charge is 2.03. The third kappa shape index (κ3) is 7.48. The van der Waals surface area contributed by atoms with E-state index < -0.39 is 0 Å². The molecule has 0 heterocycles. The number of rotatable bonds is 7. The molecule has 3 N–H and O–H groups in total. The number of carbonyl (C=O) groups excluding carboxylic acids is 1. The lowest BCUT2D eigenvalue weighted by molar-refractivity contribution is -0.121. The Kier molecular flexibility index (Phi) is 8.15. The molecule has 116 valence electrons. The Balaban J connectivity index is 2.19. The highest BCUT2D eigenvalue weighted by atomic mass is 32.1. The fourth-order valence-electron chi connectivity index (χ4n) is 1.55.